The van der Waals surface area contributed by atoms with Gasteiger partial charge >= 0.3 is 5.97 Å². The zero-order valence-corrected chi connectivity index (χ0v) is 12.4. The van der Waals surface area contributed by atoms with Crippen molar-refractivity contribution in [3.05, 3.63) is 58.1 Å². The molecule has 3 rings (SSSR count). The van der Waals surface area contributed by atoms with Crippen molar-refractivity contribution >= 4 is 23.0 Å². The number of anilines is 2. The lowest BCUT2D eigenvalue weighted by atomic mass is 10.1. The van der Waals surface area contributed by atoms with E-state index in [2.05, 4.69) is 0 Å². The lowest BCUT2D eigenvalue weighted by molar-refractivity contribution is -0.384. The number of nitrogens with zero attached hydrogens (tertiary/aromatic N) is 2. The molecule has 0 aromatic heterocycles. The van der Waals surface area contributed by atoms with Crippen LogP contribution in [0.5, 0.6) is 5.75 Å². The normalized spacial score (nSPS) is 13.0. The molecule has 0 saturated heterocycles. The maximum Gasteiger partial charge on any atom is 0.337 e. The molecule has 23 heavy (non-hydrogen) atoms. The molecule has 1 aliphatic rings. The number of hydrogen-bond acceptors (Lipinski definition) is 6. The van der Waals surface area contributed by atoms with Gasteiger partial charge in [0.25, 0.3) is 5.69 Å². The molecular formula is C16H14N2O5. The molecule has 2 aromatic rings. The first-order valence-corrected chi connectivity index (χ1v) is 6.97. The molecule has 0 bridgehead atoms. The molecule has 0 spiro atoms. The van der Waals surface area contributed by atoms with Crippen molar-refractivity contribution in [2.45, 2.75) is 0 Å². The Hall–Kier alpha value is -3.09. The lowest BCUT2D eigenvalue weighted by Crippen LogP contribution is -2.28. The van der Waals surface area contributed by atoms with Crippen molar-refractivity contribution in [1.29, 1.82) is 0 Å². The zero-order chi connectivity index (χ0) is 16.4. The van der Waals surface area contributed by atoms with Crippen molar-refractivity contribution in [3.63, 3.8) is 0 Å². The van der Waals surface area contributed by atoms with E-state index in [0.29, 0.717) is 24.5 Å². The number of carbonyl (C=O) groups is 1. The van der Waals surface area contributed by atoms with Crippen molar-refractivity contribution in [1.82, 2.24) is 0 Å². The molecule has 0 atom stereocenters. The summed E-state index contributed by atoms with van der Waals surface area (Å²) in [5.41, 5.74) is 1.98. The second-order valence-electron chi connectivity index (χ2n) is 4.95. The molecule has 0 amide bonds. The number of benzene rings is 2. The minimum atomic E-state index is -0.438. The minimum Gasteiger partial charge on any atom is -0.490 e. The summed E-state index contributed by atoms with van der Waals surface area (Å²) in [5, 5.41) is 10.8. The summed E-state index contributed by atoms with van der Waals surface area (Å²) in [6, 6.07) is 11.3. The Labute approximate surface area is 132 Å². The number of esters is 1. The third kappa shape index (κ3) is 2.80. The molecule has 1 heterocycles. The highest BCUT2D eigenvalue weighted by atomic mass is 16.6. The van der Waals surface area contributed by atoms with E-state index in [1.54, 1.807) is 30.3 Å². The van der Waals surface area contributed by atoms with Crippen LogP contribution < -0.4 is 9.64 Å². The summed E-state index contributed by atoms with van der Waals surface area (Å²) in [7, 11) is 1.33. The summed E-state index contributed by atoms with van der Waals surface area (Å²) in [6.07, 6.45) is 0. The number of rotatable bonds is 3. The summed E-state index contributed by atoms with van der Waals surface area (Å²) >= 11 is 0. The number of ether oxygens (including phenoxy) is 2. The molecule has 1 aliphatic heterocycles. The van der Waals surface area contributed by atoms with Crippen LogP contribution in [0.25, 0.3) is 0 Å². The number of fused-ring (bicyclic) bond motifs is 1. The van der Waals surface area contributed by atoms with E-state index in [4.69, 9.17) is 9.47 Å². The number of carbonyl (C=O) groups excluding carboxylic acids is 1. The largest absolute Gasteiger partial charge is 0.490 e. The van der Waals surface area contributed by atoms with Crippen LogP contribution in [-0.2, 0) is 4.74 Å². The molecular weight excluding hydrogens is 300 g/mol. The van der Waals surface area contributed by atoms with Crippen molar-refractivity contribution in [3.8, 4) is 5.75 Å². The van der Waals surface area contributed by atoms with Crippen LogP contribution in [0.1, 0.15) is 10.4 Å². The predicted molar refractivity (Wildman–Crippen MR) is 83.4 cm³/mol. The Morgan fingerprint density at radius 1 is 1.26 bits per heavy atom. The molecule has 2 aromatic carbocycles. The van der Waals surface area contributed by atoms with E-state index in [-0.39, 0.29) is 5.69 Å². The number of non-ortho nitro benzene ring substituents is 1. The van der Waals surface area contributed by atoms with Crippen LogP contribution >= 0.6 is 0 Å². The van der Waals surface area contributed by atoms with Gasteiger partial charge in [-0.25, -0.2) is 4.79 Å². The highest BCUT2D eigenvalue weighted by molar-refractivity contribution is 5.91. The minimum absolute atomic E-state index is 0.0329. The van der Waals surface area contributed by atoms with Gasteiger partial charge in [-0.15, -0.1) is 0 Å². The maximum absolute atomic E-state index is 11.7. The van der Waals surface area contributed by atoms with E-state index < -0.39 is 10.9 Å². The van der Waals surface area contributed by atoms with Gasteiger partial charge in [-0.05, 0) is 30.3 Å². The van der Waals surface area contributed by atoms with E-state index in [1.807, 2.05) is 4.90 Å². The molecule has 7 nitrogen and oxygen atoms in total. The molecule has 0 radical (unpaired) electrons. The maximum atomic E-state index is 11.7. The fourth-order valence-electron chi connectivity index (χ4n) is 2.49. The van der Waals surface area contributed by atoms with Crippen LogP contribution in [0, 0.1) is 10.1 Å². The summed E-state index contributed by atoms with van der Waals surface area (Å²) in [6.45, 7) is 1.07. The summed E-state index contributed by atoms with van der Waals surface area (Å²) < 4.78 is 10.3. The van der Waals surface area contributed by atoms with Gasteiger partial charge in [0.05, 0.1) is 29.8 Å². The van der Waals surface area contributed by atoms with E-state index in [0.717, 1.165) is 11.4 Å². The molecule has 7 heteroatoms. The van der Waals surface area contributed by atoms with Crippen LogP contribution in [0.15, 0.2) is 42.5 Å². The number of methoxy groups -OCH3 is 1. The average molecular weight is 314 g/mol. The Balaban J connectivity index is 1.99. The van der Waals surface area contributed by atoms with Gasteiger partial charge in [0.15, 0.2) is 0 Å². The first-order chi connectivity index (χ1) is 11.1. The quantitative estimate of drug-likeness (QED) is 0.492. The van der Waals surface area contributed by atoms with Crippen LogP contribution in [0.4, 0.5) is 17.1 Å². The Kier molecular flexibility index (Phi) is 3.84. The van der Waals surface area contributed by atoms with Gasteiger partial charge in [0.2, 0.25) is 0 Å². The zero-order valence-electron chi connectivity index (χ0n) is 12.4. The Bertz CT molecular complexity index is 758. The van der Waals surface area contributed by atoms with Crippen LogP contribution in [0.2, 0.25) is 0 Å². The smallest absolute Gasteiger partial charge is 0.337 e. The fourth-order valence-corrected chi connectivity index (χ4v) is 2.49. The van der Waals surface area contributed by atoms with E-state index in [9.17, 15) is 14.9 Å². The first-order valence-electron chi connectivity index (χ1n) is 6.97. The van der Waals surface area contributed by atoms with Gasteiger partial charge in [0.1, 0.15) is 12.4 Å². The predicted octanol–water partition coefficient (Wildman–Crippen LogP) is 2.91. The molecule has 0 N–H and O–H groups in total. The standard InChI is InChI=1S/C16H14N2O5/c1-22-16(19)11-2-7-15-14(10-11)17(8-9-23-15)12-3-5-13(6-4-12)18(20)21/h2-7,10H,8-9H2,1H3. The number of nitro benzene ring substituents is 1. The van der Waals surface area contributed by atoms with Crippen molar-refractivity contribution in [2.24, 2.45) is 0 Å². The number of hydrogen-bond donors (Lipinski definition) is 0. The van der Waals surface area contributed by atoms with Gasteiger partial charge in [0, 0.05) is 17.8 Å². The third-order valence-corrected chi connectivity index (χ3v) is 3.62. The Morgan fingerprint density at radius 2 is 2.00 bits per heavy atom. The molecule has 0 unspecified atom stereocenters. The Morgan fingerprint density at radius 3 is 2.65 bits per heavy atom. The average Bonchev–Trinajstić information content (AvgIpc) is 2.60. The lowest BCUT2D eigenvalue weighted by Gasteiger charge is -2.31. The van der Waals surface area contributed by atoms with Crippen molar-refractivity contribution < 1.29 is 19.2 Å². The SMILES string of the molecule is COC(=O)c1ccc2c(c1)N(c1ccc([N+](=O)[O-])cc1)CCO2. The second-order valence-corrected chi connectivity index (χ2v) is 4.95. The van der Waals surface area contributed by atoms with Crippen molar-refractivity contribution in [2.75, 3.05) is 25.2 Å². The summed E-state index contributed by atoms with van der Waals surface area (Å²) in [5.74, 6) is 0.226. The topological polar surface area (TPSA) is 81.9 Å². The first kappa shape index (κ1) is 14.8. The monoisotopic (exact) mass is 314 g/mol. The third-order valence-electron chi connectivity index (χ3n) is 3.62. The molecule has 0 saturated carbocycles. The molecule has 118 valence electrons. The van der Waals surface area contributed by atoms with Gasteiger partial charge < -0.3 is 14.4 Å². The van der Waals surface area contributed by atoms with E-state index in [1.165, 1.54) is 19.2 Å². The molecule has 0 fully saturated rings. The highest BCUT2D eigenvalue weighted by Crippen LogP contribution is 2.37. The molecule has 0 aliphatic carbocycles. The summed E-state index contributed by atoms with van der Waals surface area (Å²) in [4.78, 5) is 24.0. The second kappa shape index (κ2) is 5.96. The van der Waals surface area contributed by atoms with Gasteiger partial charge in [-0.3, -0.25) is 10.1 Å². The number of nitro groups is 1. The van der Waals surface area contributed by atoms with E-state index >= 15 is 0 Å². The highest BCUT2D eigenvalue weighted by Gasteiger charge is 2.22. The van der Waals surface area contributed by atoms with Crippen LogP contribution in [-0.4, -0.2) is 31.2 Å². The van der Waals surface area contributed by atoms with Crippen LogP contribution in [0.3, 0.4) is 0 Å². The fraction of sp³-hybridized carbons (Fsp3) is 0.188. The van der Waals surface area contributed by atoms with Gasteiger partial charge in [-0.2, -0.15) is 0 Å². The van der Waals surface area contributed by atoms with Gasteiger partial charge in [-0.1, -0.05) is 0 Å².